The van der Waals surface area contributed by atoms with Crippen molar-refractivity contribution in [2.24, 2.45) is 4.99 Å². The normalized spacial score (nSPS) is 11.0. The summed E-state index contributed by atoms with van der Waals surface area (Å²) >= 11 is 5.88. The molecule has 29 heavy (non-hydrogen) atoms. The number of methoxy groups -OCH3 is 1. The van der Waals surface area contributed by atoms with Crippen LogP contribution in [-0.2, 0) is 11.3 Å². The molecule has 8 heteroatoms. The van der Waals surface area contributed by atoms with Crippen LogP contribution in [0.3, 0.4) is 0 Å². The van der Waals surface area contributed by atoms with Crippen LogP contribution >= 0.6 is 11.6 Å². The van der Waals surface area contributed by atoms with Crippen molar-refractivity contribution >= 4 is 29.2 Å². The lowest BCUT2D eigenvalue weighted by Crippen LogP contribution is -2.40. The molecular formula is C21H27ClN4O3. The van der Waals surface area contributed by atoms with Crippen molar-refractivity contribution in [3.63, 3.8) is 0 Å². The number of guanidine groups is 1. The largest absolute Gasteiger partial charge is 0.495 e. The van der Waals surface area contributed by atoms with Crippen molar-refractivity contribution in [2.75, 3.05) is 39.7 Å². The predicted molar refractivity (Wildman–Crippen MR) is 117 cm³/mol. The molecule has 156 valence electrons. The van der Waals surface area contributed by atoms with Crippen molar-refractivity contribution in [2.45, 2.75) is 13.5 Å². The topological polar surface area (TPSA) is 75.2 Å². The van der Waals surface area contributed by atoms with Gasteiger partial charge in [-0.15, -0.1) is 0 Å². The Hall–Kier alpha value is -2.93. The van der Waals surface area contributed by atoms with Gasteiger partial charge in [-0.1, -0.05) is 17.7 Å². The van der Waals surface area contributed by atoms with Crippen LogP contribution < -0.4 is 20.1 Å². The van der Waals surface area contributed by atoms with E-state index >= 15 is 0 Å². The molecule has 2 rings (SSSR count). The van der Waals surface area contributed by atoms with E-state index in [9.17, 15) is 4.79 Å². The van der Waals surface area contributed by atoms with Gasteiger partial charge in [-0.05, 0) is 42.0 Å². The minimum absolute atomic E-state index is 0.148. The van der Waals surface area contributed by atoms with E-state index < -0.39 is 0 Å². The first kappa shape index (κ1) is 22.4. The average Bonchev–Trinajstić information content (AvgIpc) is 2.69. The first-order chi connectivity index (χ1) is 13.9. The van der Waals surface area contributed by atoms with Gasteiger partial charge in [0.2, 0.25) is 5.91 Å². The number of likely N-dealkylation sites (N-methyl/N-ethyl adjacent to an activating group) is 1. The summed E-state index contributed by atoms with van der Waals surface area (Å²) in [6.07, 6.45) is 0. The Morgan fingerprint density at radius 3 is 2.55 bits per heavy atom. The van der Waals surface area contributed by atoms with Crippen LogP contribution in [0.2, 0.25) is 5.02 Å². The highest BCUT2D eigenvalue weighted by Crippen LogP contribution is 2.25. The lowest BCUT2D eigenvalue weighted by atomic mass is 10.2. The van der Waals surface area contributed by atoms with Crippen molar-refractivity contribution in [1.29, 1.82) is 0 Å². The van der Waals surface area contributed by atoms with Crippen molar-refractivity contribution in [3.05, 3.63) is 53.1 Å². The smallest absolute Gasteiger partial charge is 0.221 e. The highest BCUT2D eigenvalue weighted by molar-refractivity contribution is 6.30. The van der Waals surface area contributed by atoms with Gasteiger partial charge in [0, 0.05) is 32.6 Å². The molecule has 2 aromatic carbocycles. The maximum absolute atomic E-state index is 11.4. The molecule has 0 saturated carbocycles. The number of benzene rings is 2. The number of rotatable bonds is 8. The summed E-state index contributed by atoms with van der Waals surface area (Å²) in [6, 6.07) is 12.9. The third kappa shape index (κ3) is 7.19. The fourth-order valence-electron chi connectivity index (χ4n) is 2.66. The lowest BCUT2D eigenvalue weighted by Gasteiger charge is -2.22. The number of halogens is 1. The predicted octanol–water partition coefficient (Wildman–Crippen LogP) is 3.39. The summed E-state index contributed by atoms with van der Waals surface area (Å²) in [5.41, 5.74) is 1.63. The van der Waals surface area contributed by atoms with Gasteiger partial charge in [0.25, 0.3) is 0 Å². The van der Waals surface area contributed by atoms with Crippen molar-refractivity contribution in [3.8, 4) is 11.5 Å². The van der Waals surface area contributed by atoms with Crippen LogP contribution in [0.15, 0.2) is 47.5 Å². The zero-order valence-corrected chi connectivity index (χ0v) is 17.9. The van der Waals surface area contributed by atoms with Gasteiger partial charge in [-0.25, -0.2) is 0 Å². The fourth-order valence-corrected chi connectivity index (χ4v) is 2.78. The molecule has 0 bridgehead atoms. The maximum Gasteiger partial charge on any atom is 0.221 e. The molecule has 0 fully saturated rings. The van der Waals surface area contributed by atoms with Crippen LogP contribution in [0, 0.1) is 0 Å². The Bertz CT molecular complexity index is 840. The Labute approximate surface area is 176 Å². The number of aliphatic imine (C=N–C) groups is 1. The summed E-state index contributed by atoms with van der Waals surface area (Å²) in [5, 5.41) is 6.77. The number of hydrogen-bond donors (Lipinski definition) is 2. The van der Waals surface area contributed by atoms with Gasteiger partial charge in [-0.3, -0.25) is 9.79 Å². The first-order valence-corrected chi connectivity index (χ1v) is 9.55. The SMILES string of the molecule is CN=C(NCc1ccc(OC)c(NC(C)=O)c1)N(C)CCOc1ccc(Cl)cc1. The summed E-state index contributed by atoms with van der Waals surface area (Å²) in [4.78, 5) is 17.7. The fraction of sp³-hybridized carbons (Fsp3) is 0.333. The standard InChI is InChI=1S/C21H27ClN4O3/c1-15(27)25-19-13-16(5-10-20(19)28-4)14-24-21(23-2)26(3)11-12-29-18-8-6-17(22)7-9-18/h5-10,13H,11-12,14H2,1-4H3,(H,23,24)(H,25,27). The number of nitrogens with zero attached hydrogens (tertiary/aromatic N) is 2. The van der Waals surface area contributed by atoms with Crippen LogP contribution in [0.25, 0.3) is 0 Å². The van der Waals surface area contributed by atoms with Crippen molar-refractivity contribution < 1.29 is 14.3 Å². The van der Waals surface area contributed by atoms with Gasteiger partial charge in [0.05, 0.1) is 19.3 Å². The van der Waals surface area contributed by atoms with Crippen LogP contribution in [0.4, 0.5) is 5.69 Å². The minimum atomic E-state index is -0.148. The van der Waals surface area contributed by atoms with E-state index in [2.05, 4.69) is 15.6 Å². The molecule has 0 radical (unpaired) electrons. The van der Waals surface area contributed by atoms with Crippen molar-refractivity contribution in [1.82, 2.24) is 10.2 Å². The molecule has 0 heterocycles. The van der Waals surface area contributed by atoms with E-state index in [4.69, 9.17) is 21.1 Å². The highest BCUT2D eigenvalue weighted by atomic mass is 35.5. The number of hydrogen-bond acceptors (Lipinski definition) is 4. The number of anilines is 1. The zero-order valence-electron chi connectivity index (χ0n) is 17.2. The van der Waals surface area contributed by atoms with Gasteiger partial charge >= 0.3 is 0 Å². The first-order valence-electron chi connectivity index (χ1n) is 9.17. The molecule has 1 amide bonds. The molecule has 0 atom stereocenters. The number of nitrogens with one attached hydrogen (secondary N) is 2. The van der Waals surface area contributed by atoms with E-state index in [1.54, 1.807) is 26.3 Å². The molecule has 0 aliphatic rings. The summed E-state index contributed by atoms with van der Waals surface area (Å²) in [6.45, 7) is 3.18. The van der Waals surface area contributed by atoms with Crippen LogP contribution in [0.5, 0.6) is 11.5 Å². The Balaban J connectivity index is 1.88. The number of carbonyl (C=O) groups excluding carboxylic acids is 1. The molecule has 0 saturated heterocycles. The van der Waals surface area contributed by atoms with Crippen LogP contribution in [0.1, 0.15) is 12.5 Å². The molecular weight excluding hydrogens is 392 g/mol. The average molecular weight is 419 g/mol. The molecule has 2 N–H and O–H groups in total. The van der Waals surface area contributed by atoms with Gasteiger partial charge in [0.15, 0.2) is 5.96 Å². The molecule has 2 aromatic rings. The number of carbonyl (C=O) groups is 1. The Morgan fingerprint density at radius 1 is 1.21 bits per heavy atom. The van der Waals surface area contributed by atoms with Crippen LogP contribution in [-0.4, -0.2) is 51.1 Å². The summed E-state index contributed by atoms with van der Waals surface area (Å²) < 4.78 is 11.0. The third-order valence-electron chi connectivity index (χ3n) is 4.11. The summed E-state index contributed by atoms with van der Waals surface area (Å²) in [7, 11) is 5.24. The summed E-state index contributed by atoms with van der Waals surface area (Å²) in [5.74, 6) is 1.98. The van der Waals surface area contributed by atoms with Gasteiger partial charge < -0.3 is 25.0 Å². The number of ether oxygens (including phenoxy) is 2. The van der Waals surface area contributed by atoms with E-state index in [-0.39, 0.29) is 5.91 Å². The second-order valence-electron chi connectivity index (χ2n) is 6.34. The quantitative estimate of drug-likeness (QED) is 0.507. The monoisotopic (exact) mass is 418 g/mol. The second-order valence-corrected chi connectivity index (χ2v) is 6.78. The highest BCUT2D eigenvalue weighted by Gasteiger charge is 2.09. The molecule has 7 nitrogen and oxygen atoms in total. The van der Waals surface area contributed by atoms with E-state index in [0.717, 1.165) is 17.3 Å². The molecule has 0 unspecified atom stereocenters. The van der Waals surface area contributed by atoms with Gasteiger partial charge in [0.1, 0.15) is 18.1 Å². The zero-order chi connectivity index (χ0) is 21.2. The molecule has 0 aromatic heterocycles. The van der Waals surface area contributed by atoms with Gasteiger partial charge in [-0.2, -0.15) is 0 Å². The van der Waals surface area contributed by atoms with E-state index in [1.165, 1.54) is 6.92 Å². The van der Waals surface area contributed by atoms with E-state index in [0.29, 0.717) is 36.2 Å². The maximum atomic E-state index is 11.4. The molecule has 0 aliphatic heterocycles. The Kier molecular flexibility index (Phi) is 8.61. The minimum Gasteiger partial charge on any atom is -0.495 e. The Morgan fingerprint density at radius 2 is 1.93 bits per heavy atom. The third-order valence-corrected chi connectivity index (χ3v) is 4.36. The lowest BCUT2D eigenvalue weighted by molar-refractivity contribution is -0.114. The molecule has 0 spiro atoms. The number of amides is 1. The second kappa shape index (κ2) is 11.2. The molecule has 0 aliphatic carbocycles. The van der Waals surface area contributed by atoms with E-state index in [1.807, 2.05) is 42.3 Å².